The molecule has 5 aromatic rings. The molecule has 8 heteroatoms. The van der Waals surface area contributed by atoms with Gasteiger partial charge >= 0.3 is 0 Å². The summed E-state index contributed by atoms with van der Waals surface area (Å²) in [7, 11) is 0. The van der Waals surface area contributed by atoms with E-state index in [-0.39, 0.29) is 5.02 Å². The summed E-state index contributed by atoms with van der Waals surface area (Å²) in [6, 6.07) is 11.0. The molecular weight excluding hydrogens is 403 g/mol. The number of aromatic nitrogens is 5. The molecule has 0 saturated carbocycles. The highest BCUT2D eigenvalue weighted by Gasteiger charge is 2.25. The topological polar surface area (TPSA) is 70.6 Å². The van der Waals surface area contributed by atoms with E-state index in [9.17, 15) is 4.39 Å². The molecule has 0 spiro atoms. The van der Waals surface area contributed by atoms with Crippen molar-refractivity contribution in [1.82, 2.24) is 24.9 Å². The van der Waals surface area contributed by atoms with Gasteiger partial charge in [-0.2, -0.15) is 0 Å². The first kappa shape index (κ1) is 17.3. The summed E-state index contributed by atoms with van der Waals surface area (Å²) in [5.41, 5.74) is 5.70. The number of hydrogen-bond acceptors (Lipinski definition) is 5. The van der Waals surface area contributed by atoms with Crippen LogP contribution in [0.3, 0.4) is 0 Å². The first-order chi connectivity index (χ1) is 14.7. The Bertz CT molecular complexity index is 1450. The van der Waals surface area contributed by atoms with Crippen LogP contribution in [0.25, 0.3) is 33.3 Å². The molecular formula is C22H14ClFN6. The lowest BCUT2D eigenvalue weighted by Gasteiger charge is -2.19. The number of nitrogens with one attached hydrogen (secondary N) is 1. The SMILES string of the molecule is Fc1cc2c(cc1Cl)N(c1ncnc3ccc(-c4cnc5[nH]ccc5c4)nc13)CC2. The molecule has 0 unspecified atom stereocenters. The first-order valence-corrected chi connectivity index (χ1v) is 9.86. The average molecular weight is 417 g/mol. The summed E-state index contributed by atoms with van der Waals surface area (Å²) < 4.78 is 13.9. The van der Waals surface area contributed by atoms with Gasteiger partial charge in [0.2, 0.25) is 0 Å². The van der Waals surface area contributed by atoms with Gasteiger partial charge in [-0.05, 0) is 48.4 Å². The number of benzene rings is 1. The van der Waals surface area contributed by atoms with E-state index in [1.54, 1.807) is 12.3 Å². The van der Waals surface area contributed by atoms with E-state index in [1.165, 1.54) is 12.4 Å². The molecule has 0 bridgehead atoms. The Morgan fingerprint density at radius 3 is 2.93 bits per heavy atom. The van der Waals surface area contributed by atoms with Crippen LogP contribution in [-0.2, 0) is 6.42 Å². The number of rotatable bonds is 2. The molecule has 1 aromatic carbocycles. The second-order valence-electron chi connectivity index (χ2n) is 7.20. The van der Waals surface area contributed by atoms with Crippen LogP contribution in [0, 0.1) is 5.82 Å². The van der Waals surface area contributed by atoms with Crippen molar-refractivity contribution < 1.29 is 4.39 Å². The zero-order chi connectivity index (χ0) is 20.2. The molecule has 146 valence electrons. The van der Waals surface area contributed by atoms with E-state index >= 15 is 0 Å². The van der Waals surface area contributed by atoms with Gasteiger partial charge in [0.05, 0.1) is 16.2 Å². The van der Waals surface area contributed by atoms with E-state index in [2.05, 4.69) is 19.9 Å². The van der Waals surface area contributed by atoms with Gasteiger partial charge in [-0.25, -0.2) is 24.3 Å². The fourth-order valence-electron chi connectivity index (χ4n) is 3.97. The van der Waals surface area contributed by atoms with Crippen LogP contribution in [0.5, 0.6) is 0 Å². The van der Waals surface area contributed by atoms with Gasteiger partial charge in [0.15, 0.2) is 5.82 Å². The minimum absolute atomic E-state index is 0.0959. The average Bonchev–Trinajstić information content (AvgIpc) is 3.39. The molecule has 0 radical (unpaired) electrons. The minimum atomic E-state index is -0.405. The van der Waals surface area contributed by atoms with Gasteiger partial charge in [-0.1, -0.05) is 11.6 Å². The normalized spacial score (nSPS) is 13.3. The maximum Gasteiger partial charge on any atom is 0.163 e. The molecule has 1 aliphatic rings. The first-order valence-electron chi connectivity index (χ1n) is 9.48. The van der Waals surface area contributed by atoms with E-state index in [0.29, 0.717) is 24.3 Å². The van der Waals surface area contributed by atoms with Gasteiger partial charge in [0.1, 0.15) is 23.3 Å². The zero-order valence-electron chi connectivity index (χ0n) is 15.6. The van der Waals surface area contributed by atoms with Crippen molar-refractivity contribution in [3.8, 4) is 11.3 Å². The van der Waals surface area contributed by atoms with Crippen molar-refractivity contribution in [3.63, 3.8) is 0 Å². The van der Waals surface area contributed by atoms with E-state index in [4.69, 9.17) is 16.6 Å². The van der Waals surface area contributed by atoms with Crippen molar-refractivity contribution >= 4 is 45.2 Å². The van der Waals surface area contributed by atoms with Crippen molar-refractivity contribution in [2.24, 2.45) is 0 Å². The molecule has 1 aliphatic heterocycles. The Morgan fingerprint density at radius 1 is 1.07 bits per heavy atom. The Hall–Kier alpha value is -3.58. The molecule has 5 heterocycles. The highest BCUT2D eigenvalue weighted by Crippen LogP contribution is 2.38. The Labute approximate surface area is 175 Å². The van der Waals surface area contributed by atoms with Crippen LogP contribution in [0.4, 0.5) is 15.9 Å². The van der Waals surface area contributed by atoms with Gasteiger partial charge in [0, 0.05) is 35.6 Å². The Morgan fingerprint density at radius 2 is 2.00 bits per heavy atom. The van der Waals surface area contributed by atoms with Crippen molar-refractivity contribution in [2.75, 3.05) is 11.4 Å². The van der Waals surface area contributed by atoms with Crippen LogP contribution in [0.15, 0.2) is 55.1 Å². The molecule has 0 fully saturated rings. The standard InChI is InChI=1S/C22H14ClFN6/c23-15-9-19-12(8-16(15)24)4-6-30(19)22-20-18(27-11-28-22)2-1-17(29-20)14-7-13-3-5-25-21(13)26-10-14/h1-3,5,7-11H,4,6H2,(H,25,26). The lowest BCUT2D eigenvalue weighted by molar-refractivity contribution is 0.627. The summed E-state index contributed by atoms with van der Waals surface area (Å²) in [6.07, 6.45) is 5.89. The van der Waals surface area contributed by atoms with Crippen LogP contribution in [0.1, 0.15) is 5.56 Å². The molecule has 0 saturated heterocycles. The van der Waals surface area contributed by atoms with Crippen molar-refractivity contribution in [2.45, 2.75) is 6.42 Å². The van der Waals surface area contributed by atoms with Gasteiger partial charge in [0.25, 0.3) is 0 Å². The minimum Gasteiger partial charge on any atom is -0.346 e. The van der Waals surface area contributed by atoms with Crippen molar-refractivity contribution in [1.29, 1.82) is 0 Å². The summed E-state index contributed by atoms with van der Waals surface area (Å²) in [5.74, 6) is 0.275. The van der Waals surface area contributed by atoms with Crippen LogP contribution in [-0.4, -0.2) is 31.5 Å². The molecule has 0 aliphatic carbocycles. The zero-order valence-corrected chi connectivity index (χ0v) is 16.4. The lowest BCUT2D eigenvalue weighted by atomic mass is 10.1. The Balaban J connectivity index is 1.51. The number of hydrogen-bond donors (Lipinski definition) is 1. The third-order valence-electron chi connectivity index (χ3n) is 5.43. The fraction of sp³-hybridized carbons (Fsp3) is 0.0909. The number of nitrogens with zero attached hydrogens (tertiary/aromatic N) is 5. The summed E-state index contributed by atoms with van der Waals surface area (Å²) in [5, 5.41) is 1.11. The van der Waals surface area contributed by atoms with E-state index in [1.807, 2.05) is 35.4 Å². The van der Waals surface area contributed by atoms with E-state index < -0.39 is 5.82 Å². The smallest absolute Gasteiger partial charge is 0.163 e. The maximum atomic E-state index is 13.9. The predicted octanol–water partition coefficient (Wildman–Crippen LogP) is 5.05. The van der Waals surface area contributed by atoms with E-state index in [0.717, 1.165) is 39.1 Å². The summed E-state index contributed by atoms with van der Waals surface area (Å²) in [4.78, 5) is 23.3. The number of halogens is 2. The van der Waals surface area contributed by atoms with Gasteiger partial charge < -0.3 is 9.88 Å². The molecule has 6 nitrogen and oxygen atoms in total. The van der Waals surface area contributed by atoms with Crippen molar-refractivity contribution in [3.05, 3.63) is 71.5 Å². The number of H-pyrrole nitrogens is 1. The third-order valence-corrected chi connectivity index (χ3v) is 5.72. The second-order valence-corrected chi connectivity index (χ2v) is 7.60. The third kappa shape index (κ3) is 2.63. The maximum absolute atomic E-state index is 13.9. The summed E-state index contributed by atoms with van der Waals surface area (Å²) in [6.45, 7) is 0.671. The summed E-state index contributed by atoms with van der Waals surface area (Å²) >= 11 is 6.05. The molecule has 1 N–H and O–H groups in total. The quantitative estimate of drug-likeness (QED) is 0.435. The fourth-order valence-corrected chi connectivity index (χ4v) is 4.13. The number of pyridine rings is 2. The van der Waals surface area contributed by atoms with Crippen LogP contribution in [0.2, 0.25) is 5.02 Å². The molecule has 30 heavy (non-hydrogen) atoms. The monoisotopic (exact) mass is 416 g/mol. The number of anilines is 2. The largest absolute Gasteiger partial charge is 0.346 e. The number of fused-ring (bicyclic) bond motifs is 3. The molecule has 4 aromatic heterocycles. The molecule has 0 atom stereocenters. The van der Waals surface area contributed by atoms with Crippen LogP contribution >= 0.6 is 11.6 Å². The molecule has 0 amide bonds. The highest BCUT2D eigenvalue weighted by atomic mass is 35.5. The number of aromatic amines is 1. The second kappa shape index (κ2) is 6.47. The lowest BCUT2D eigenvalue weighted by Crippen LogP contribution is -2.16. The molecule has 6 rings (SSSR count). The van der Waals surface area contributed by atoms with Gasteiger partial charge in [-0.15, -0.1) is 0 Å². The highest BCUT2D eigenvalue weighted by molar-refractivity contribution is 6.31. The van der Waals surface area contributed by atoms with Gasteiger partial charge in [-0.3, -0.25) is 0 Å². The Kier molecular flexibility index (Phi) is 3.73. The predicted molar refractivity (Wildman–Crippen MR) is 115 cm³/mol. The van der Waals surface area contributed by atoms with Crippen LogP contribution < -0.4 is 4.90 Å².